The summed E-state index contributed by atoms with van der Waals surface area (Å²) in [6, 6.07) is 18.1. The van der Waals surface area contributed by atoms with E-state index in [1.807, 2.05) is 32.0 Å². The molecule has 0 unspecified atom stereocenters. The molecule has 4 rings (SSSR count). The van der Waals surface area contributed by atoms with Crippen molar-refractivity contribution >= 4 is 42.3 Å². The van der Waals surface area contributed by atoms with E-state index in [4.69, 9.17) is 0 Å². The molecule has 0 amide bonds. The second-order valence-corrected chi connectivity index (χ2v) is 9.13. The van der Waals surface area contributed by atoms with Gasteiger partial charge in [-0.2, -0.15) is 4.31 Å². The highest BCUT2D eigenvalue weighted by atomic mass is 32.2. The van der Waals surface area contributed by atoms with Crippen molar-refractivity contribution in [1.29, 1.82) is 0 Å². The van der Waals surface area contributed by atoms with Crippen LogP contribution in [0.5, 0.6) is 0 Å². The Morgan fingerprint density at radius 2 is 1.25 bits per heavy atom. The molecule has 144 valence electrons. The van der Waals surface area contributed by atoms with Gasteiger partial charge in [-0.15, -0.1) is 0 Å². The van der Waals surface area contributed by atoms with Crippen LogP contribution in [0.15, 0.2) is 59.5 Å². The van der Waals surface area contributed by atoms with Gasteiger partial charge in [-0.3, -0.25) is 0 Å². The fourth-order valence-electron chi connectivity index (χ4n) is 4.39. The Morgan fingerprint density at radius 1 is 0.679 bits per heavy atom. The first-order chi connectivity index (χ1) is 13.4. The lowest BCUT2D eigenvalue weighted by Gasteiger charge is -2.20. The van der Waals surface area contributed by atoms with Crippen molar-refractivity contribution in [3.63, 3.8) is 0 Å². The van der Waals surface area contributed by atoms with E-state index in [-0.39, 0.29) is 0 Å². The molecule has 4 heteroatoms. The maximum Gasteiger partial charge on any atom is 0.243 e. The molecule has 4 aromatic carbocycles. The van der Waals surface area contributed by atoms with Gasteiger partial charge in [0.25, 0.3) is 0 Å². The van der Waals surface area contributed by atoms with Crippen LogP contribution in [0.4, 0.5) is 0 Å². The molecule has 4 aromatic rings. The van der Waals surface area contributed by atoms with E-state index >= 15 is 0 Å². The van der Waals surface area contributed by atoms with Gasteiger partial charge in [0.15, 0.2) is 0 Å². The van der Waals surface area contributed by atoms with E-state index in [0.717, 1.165) is 16.2 Å². The third-order valence-electron chi connectivity index (χ3n) is 5.86. The minimum atomic E-state index is -3.53. The standard InChI is InChI=1S/C24H25NO2S/c1-5-25(6-2)28(26,27)23-13-9-12-22-21(23)15-14-20-16(3)18-10-7-8-11-19(18)17(4)24(20)22/h7-15H,5-6H2,1-4H3. The van der Waals surface area contributed by atoms with Crippen molar-refractivity contribution < 1.29 is 8.42 Å². The van der Waals surface area contributed by atoms with Crippen LogP contribution in [0, 0.1) is 13.8 Å². The zero-order chi connectivity index (χ0) is 20.1. The maximum absolute atomic E-state index is 13.2. The van der Waals surface area contributed by atoms with Gasteiger partial charge in [-0.25, -0.2) is 8.42 Å². The highest BCUT2D eigenvalue weighted by Gasteiger charge is 2.24. The minimum Gasteiger partial charge on any atom is -0.207 e. The van der Waals surface area contributed by atoms with Crippen molar-refractivity contribution in [2.45, 2.75) is 32.6 Å². The number of benzene rings is 4. The summed E-state index contributed by atoms with van der Waals surface area (Å²) < 4.78 is 28.0. The molecule has 3 nitrogen and oxygen atoms in total. The summed E-state index contributed by atoms with van der Waals surface area (Å²) in [5, 5.41) is 6.58. The van der Waals surface area contributed by atoms with Crippen LogP contribution in [-0.4, -0.2) is 25.8 Å². The number of hydrogen-bond acceptors (Lipinski definition) is 2. The highest BCUT2D eigenvalue weighted by Crippen LogP contribution is 2.38. The van der Waals surface area contributed by atoms with E-state index in [1.54, 1.807) is 6.07 Å². The number of sulfonamides is 1. The zero-order valence-corrected chi connectivity index (χ0v) is 17.6. The highest BCUT2D eigenvalue weighted by molar-refractivity contribution is 7.89. The molecule has 0 aliphatic carbocycles. The third kappa shape index (κ3) is 2.63. The second-order valence-electron chi connectivity index (χ2n) is 7.22. The summed E-state index contributed by atoms with van der Waals surface area (Å²) in [6.45, 7) is 8.96. The molecule has 0 radical (unpaired) electrons. The van der Waals surface area contributed by atoms with Crippen molar-refractivity contribution in [3.8, 4) is 0 Å². The van der Waals surface area contributed by atoms with Gasteiger partial charge in [0.2, 0.25) is 10.0 Å². The Morgan fingerprint density at radius 3 is 1.89 bits per heavy atom. The number of fused-ring (bicyclic) bond motifs is 4. The van der Waals surface area contributed by atoms with Crippen LogP contribution in [0.2, 0.25) is 0 Å². The molecule has 0 N–H and O–H groups in total. The van der Waals surface area contributed by atoms with Crippen molar-refractivity contribution in [1.82, 2.24) is 4.31 Å². The molecule has 0 aliphatic rings. The Labute approximate surface area is 166 Å². The predicted octanol–water partition coefficient (Wildman–Crippen LogP) is 5.79. The number of nitrogens with zero attached hydrogens (tertiary/aromatic N) is 1. The monoisotopic (exact) mass is 391 g/mol. The van der Waals surface area contributed by atoms with Crippen LogP contribution in [0.3, 0.4) is 0 Å². The summed E-state index contributed by atoms with van der Waals surface area (Å²) in [6.07, 6.45) is 0. The third-order valence-corrected chi connectivity index (χ3v) is 7.97. The molecule has 0 aromatic heterocycles. The molecule has 0 bridgehead atoms. The molecule has 0 spiro atoms. The van der Waals surface area contributed by atoms with Crippen LogP contribution in [0.1, 0.15) is 25.0 Å². The molecule has 0 heterocycles. The summed E-state index contributed by atoms with van der Waals surface area (Å²) in [5.74, 6) is 0. The summed E-state index contributed by atoms with van der Waals surface area (Å²) in [4.78, 5) is 0.390. The fourth-order valence-corrected chi connectivity index (χ4v) is 6.05. The molecule has 0 fully saturated rings. The Kier molecular flexibility index (Phi) is 4.64. The maximum atomic E-state index is 13.2. The summed E-state index contributed by atoms with van der Waals surface area (Å²) >= 11 is 0. The predicted molar refractivity (Wildman–Crippen MR) is 119 cm³/mol. The van der Waals surface area contributed by atoms with Gasteiger partial charge in [0, 0.05) is 18.5 Å². The number of hydrogen-bond donors (Lipinski definition) is 0. The van der Waals surface area contributed by atoms with Crippen LogP contribution in [-0.2, 0) is 10.0 Å². The lowest BCUT2D eigenvalue weighted by Crippen LogP contribution is -2.30. The average molecular weight is 392 g/mol. The Bertz CT molecular complexity index is 1320. The number of aryl methyl sites for hydroxylation is 2. The lowest BCUT2D eigenvalue weighted by molar-refractivity contribution is 0.446. The topological polar surface area (TPSA) is 37.4 Å². The van der Waals surface area contributed by atoms with Gasteiger partial charge in [0.1, 0.15) is 0 Å². The van der Waals surface area contributed by atoms with Crippen LogP contribution < -0.4 is 0 Å². The SMILES string of the molecule is CCN(CC)S(=O)(=O)c1cccc2c1ccc1c(C)c3ccccc3c(C)c12. The summed E-state index contributed by atoms with van der Waals surface area (Å²) in [5.41, 5.74) is 2.43. The number of rotatable bonds is 4. The zero-order valence-electron chi connectivity index (χ0n) is 16.8. The normalized spacial score (nSPS) is 12.5. The van der Waals surface area contributed by atoms with E-state index in [2.05, 4.69) is 44.2 Å². The minimum absolute atomic E-state index is 0.390. The summed E-state index contributed by atoms with van der Waals surface area (Å²) in [7, 11) is -3.53. The van der Waals surface area contributed by atoms with E-state index in [9.17, 15) is 8.42 Å². The van der Waals surface area contributed by atoms with Gasteiger partial charge in [-0.1, -0.05) is 62.4 Å². The first-order valence-electron chi connectivity index (χ1n) is 9.75. The Hall–Kier alpha value is -2.43. The average Bonchev–Trinajstić information content (AvgIpc) is 2.71. The van der Waals surface area contributed by atoms with Crippen LogP contribution in [0.25, 0.3) is 32.3 Å². The second kappa shape index (κ2) is 6.87. The molecular weight excluding hydrogens is 366 g/mol. The molecule has 0 saturated carbocycles. The molecule has 0 atom stereocenters. The van der Waals surface area contributed by atoms with Crippen molar-refractivity contribution in [3.05, 3.63) is 65.7 Å². The van der Waals surface area contributed by atoms with Gasteiger partial charge < -0.3 is 0 Å². The van der Waals surface area contributed by atoms with Gasteiger partial charge in [-0.05, 0) is 58.0 Å². The fraction of sp³-hybridized carbons (Fsp3) is 0.250. The smallest absolute Gasteiger partial charge is 0.207 e. The largest absolute Gasteiger partial charge is 0.243 e. The van der Waals surface area contributed by atoms with E-state index in [1.165, 1.54) is 31.6 Å². The molecule has 0 aliphatic heterocycles. The van der Waals surface area contributed by atoms with E-state index < -0.39 is 10.0 Å². The van der Waals surface area contributed by atoms with Gasteiger partial charge in [0.05, 0.1) is 4.90 Å². The quantitative estimate of drug-likeness (QED) is 0.326. The first kappa shape index (κ1) is 18.9. The lowest BCUT2D eigenvalue weighted by atomic mass is 9.90. The Balaban J connectivity index is 2.16. The van der Waals surface area contributed by atoms with Crippen molar-refractivity contribution in [2.24, 2.45) is 0 Å². The van der Waals surface area contributed by atoms with Crippen molar-refractivity contribution in [2.75, 3.05) is 13.1 Å². The molecular formula is C24H25NO2S. The molecule has 28 heavy (non-hydrogen) atoms. The first-order valence-corrected chi connectivity index (χ1v) is 11.2. The van der Waals surface area contributed by atoms with Crippen LogP contribution >= 0.6 is 0 Å². The van der Waals surface area contributed by atoms with Gasteiger partial charge >= 0.3 is 0 Å². The van der Waals surface area contributed by atoms with E-state index in [0.29, 0.717) is 18.0 Å². The molecule has 0 saturated heterocycles.